The molecule has 0 aliphatic heterocycles. The van der Waals surface area contributed by atoms with Gasteiger partial charge in [-0.05, 0) is 0 Å². The normalized spacial score (nSPS) is 9.87. The summed E-state index contributed by atoms with van der Waals surface area (Å²) in [7, 11) is 0. The zero-order chi connectivity index (χ0) is 10.7. The number of carbonyl (C=O) groups excluding carboxylic acids is 1. The molecule has 4 heteroatoms. The van der Waals surface area contributed by atoms with Gasteiger partial charge in [-0.15, -0.1) is 0 Å². The van der Waals surface area contributed by atoms with Crippen molar-refractivity contribution < 1.29 is 4.79 Å². The van der Waals surface area contributed by atoms with Crippen LogP contribution >= 0.6 is 0 Å². The first kappa shape index (κ1) is 9.33. The summed E-state index contributed by atoms with van der Waals surface area (Å²) in [5.41, 5.74) is 6.32. The second kappa shape index (κ2) is 3.88. The van der Waals surface area contributed by atoms with Gasteiger partial charge in [0.1, 0.15) is 0 Å². The van der Waals surface area contributed by atoms with Gasteiger partial charge in [-0.3, -0.25) is 4.79 Å². The van der Waals surface area contributed by atoms with Crippen molar-refractivity contribution in [3.8, 4) is 0 Å². The standard InChI is InChI=1S/C11H9N3O/c12-11-9(13-6-7-14-11)10(15)8-4-2-1-3-5-8/h1-7H,(H2,12,14). The van der Waals surface area contributed by atoms with E-state index in [0.717, 1.165) is 0 Å². The fourth-order valence-corrected chi connectivity index (χ4v) is 1.25. The monoisotopic (exact) mass is 199 g/mol. The molecule has 0 spiro atoms. The number of hydrogen-bond acceptors (Lipinski definition) is 4. The molecule has 0 fully saturated rings. The molecule has 2 N–H and O–H groups in total. The number of benzene rings is 1. The van der Waals surface area contributed by atoms with E-state index in [0.29, 0.717) is 5.56 Å². The molecule has 0 saturated carbocycles. The van der Waals surface area contributed by atoms with E-state index < -0.39 is 0 Å². The molecule has 4 nitrogen and oxygen atoms in total. The number of anilines is 1. The van der Waals surface area contributed by atoms with E-state index in [2.05, 4.69) is 9.97 Å². The van der Waals surface area contributed by atoms with Crippen LogP contribution in [0.4, 0.5) is 5.82 Å². The fourth-order valence-electron chi connectivity index (χ4n) is 1.25. The molecule has 0 unspecified atom stereocenters. The van der Waals surface area contributed by atoms with Gasteiger partial charge < -0.3 is 5.73 Å². The maximum Gasteiger partial charge on any atom is 0.215 e. The van der Waals surface area contributed by atoms with Crippen LogP contribution in [0.1, 0.15) is 16.1 Å². The minimum atomic E-state index is -0.207. The van der Waals surface area contributed by atoms with Gasteiger partial charge in [0.2, 0.25) is 5.78 Å². The fraction of sp³-hybridized carbons (Fsp3) is 0. The lowest BCUT2D eigenvalue weighted by Crippen LogP contribution is -2.08. The van der Waals surface area contributed by atoms with E-state index in [1.165, 1.54) is 12.4 Å². The second-order valence-corrected chi connectivity index (χ2v) is 2.99. The number of nitrogens with two attached hydrogens (primary N) is 1. The van der Waals surface area contributed by atoms with Gasteiger partial charge in [-0.25, -0.2) is 9.97 Å². The molecule has 1 aromatic carbocycles. The first-order valence-corrected chi connectivity index (χ1v) is 4.45. The minimum absolute atomic E-state index is 0.159. The summed E-state index contributed by atoms with van der Waals surface area (Å²) in [6, 6.07) is 8.86. The van der Waals surface area contributed by atoms with Gasteiger partial charge in [0.25, 0.3) is 0 Å². The predicted molar refractivity (Wildman–Crippen MR) is 56.3 cm³/mol. The number of nitrogen functional groups attached to an aromatic ring is 1. The van der Waals surface area contributed by atoms with Crippen LogP contribution in [0.25, 0.3) is 0 Å². The third kappa shape index (κ3) is 1.83. The Labute approximate surface area is 86.8 Å². The van der Waals surface area contributed by atoms with Gasteiger partial charge in [0.05, 0.1) is 0 Å². The first-order chi connectivity index (χ1) is 7.29. The molecule has 0 aliphatic rings. The largest absolute Gasteiger partial charge is 0.382 e. The van der Waals surface area contributed by atoms with Crippen molar-refractivity contribution in [3.05, 3.63) is 54.0 Å². The Morgan fingerprint density at radius 3 is 2.40 bits per heavy atom. The van der Waals surface area contributed by atoms with Crippen molar-refractivity contribution >= 4 is 11.6 Å². The van der Waals surface area contributed by atoms with Crippen LogP contribution in [-0.2, 0) is 0 Å². The molecular formula is C11H9N3O. The van der Waals surface area contributed by atoms with Gasteiger partial charge in [-0.2, -0.15) is 0 Å². The summed E-state index contributed by atoms with van der Waals surface area (Å²) in [6.45, 7) is 0. The molecule has 0 saturated heterocycles. The van der Waals surface area contributed by atoms with Crippen molar-refractivity contribution in [3.63, 3.8) is 0 Å². The maximum atomic E-state index is 11.9. The zero-order valence-corrected chi connectivity index (χ0v) is 7.92. The smallest absolute Gasteiger partial charge is 0.215 e. The molecule has 0 bridgehead atoms. The molecule has 1 heterocycles. The van der Waals surface area contributed by atoms with Crippen molar-refractivity contribution in [2.24, 2.45) is 0 Å². The van der Waals surface area contributed by atoms with E-state index in [-0.39, 0.29) is 17.3 Å². The van der Waals surface area contributed by atoms with Gasteiger partial charge in [-0.1, -0.05) is 30.3 Å². The molecule has 0 aliphatic carbocycles. The van der Waals surface area contributed by atoms with Crippen LogP contribution in [-0.4, -0.2) is 15.8 Å². The summed E-state index contributed by atoms with van der Waals surface area (Å²) < 4.78 is 0. The first-order valence-electron chi connectivity index (χ1n) is 4.45. The average Bonchev–Trinajstić information content (AvgIpc) is 2.30. The van der Waals surface area contributed by atoms with Crippen LogP contribution in [0.5, 0.6) is 0 Å². The van der Waals surface area contributed by atoms with E-state index in [4.69, 9.17) is 5.73 Å². The number of ketones is 1. The Balaban J connectivity index is 2.42. The Kier molecular flexibility index (Phi) is 2.41. The highest BCUT2D eigenvalue weighted by atomic mass is 16.1. The molecule has 15 heavy (non-hydrogen) atoms. The lowest BCUT2D eigenvalue weighted by Gasteiger charge is -2.01. The minimum Gasteiger partial charge on any atom is -0.382 e. The number of rotatable bonds is 2. The highest BCUT2D eigenvalue weighted by molar-refractivity contribution is 6.10. The molecular weight excluding hydrogens is 190 g/mol. The van der Waals surface area contributed by atoms with Crippen LogP contribution in [0.15, 0.2) is 42.7 Å². The highest BCUT2D eigenvalue weighted by Gasteiger charge is 2.13. The van der Waals surface area contributed by atoms with Crippen LogP contribution < -0.4 is 5.73 Å². The summed E-state index contributed by atoms with van der Waals surface area (Å²) in [5, 5.41) is 0. The van der Waals surface area contributed by atoms with Crippen molar-refractivity contribution in [1.82, 2.24) is 9.97 Å². The molecule has 0 amide bonds. The summed E-state index contributed by atoms with van der Waals surface area (Å²) in [4.78, 5) is 19.6. The molecule has 0 atom stereocenters. The maximum absolute atomic E-state index is 11.9. The van der Waals surface area contributed by atoms with E-state index in [1.54, 1.807) is 24.3 Å². The molecule has 74 valence electrons. The third-order valence-corrected chi connectivity index (χ3v) is 1.98. The van der Waals surface area contributed by atoms with Gasteiger partial charge >= 0.3 is 0 Å². The van der Waals surface area contributed by atoms with E-state index in [9.17, 15) is 4.79 Å². The number of hydrogen-bond donors (Lipinski definition) is 1. The quantitative estimate of drug-likeness (QED) is 0.740. The number of nitrogens with zero attached hydrogens (tertiary/aromatic N) is 2. The Hall–Kier alpha value is -2.23. The second-order valence-electron chi connectivity index (χ2n) is 2.99. The molecule has 2 aromatic rings. The SMILES string of the molecule is Nc1nccnc1C(=O)c1ccccc1. The lowest BCUT2D eigenvalue weighted by molar-refractivity contribution is 0.103. The van der Waals surface area contributed by atoms with E-state index >= 15 is 0 Å². The van der Waals surface area contributed by atoms with Crippen molar-refractivity contribution in [2.45, 2.75) is 0 Å². The van der Waals surface area contributed by atoms with Crippen molar-refractivity contribution in [1.29, 1.82) is 0 Å². The van der Waals surface area contributed by atoms with Gasteiger partial charge in [0.15, 0.2) is 11.5 Å². The number of carbonyl (C=O) groups is 1. The number of aromatic nitrogens is 2. The van der Waals surface area contributed by atoms with Crippen LogP contribution in [0, 0.1) is 0 Å². The third-order valence-electron chi connectivity index (χ3n) is 1.98. The highest BCUT2D eigenvalue weighted by Crippen LogP contribution is 2.10. The summed E-state index contributed by atoms with van der Waals surface area (Å²) >= 11 is 0. The Morgan fingerprint density at radius 1 is 1.07 bits per heavy atom. The topological polar surface area (TPSA) is 68.9 Å². The van der Waals surface area contributed by atoms with Gasteiger partial charge in [0, 0.05) is 18.0 Å². The predicted octanol–water partition coefficient (Wildman–Crippen LogP) is 1.29. The van der Waals surface area contributed by atoms with Crippen LogP contribution in [0.2, 0.25) is 0 Å². The summed E-state index contributed by atoms with van der Waals surface area (Å²) in [5.74, 6) is -0.0486. The zero-order valence-electron chi connectivity index (χ0n) is 7.92. The lowest BCUT2D eigenvalue weighted by atomic mass is 10.1. The molecule has 2 rings (SSSR count). The molecule has 0 radical (unpaired) electrons. The average molecular weight is 199 g/mol. The van der Waals surface area contributed by atoms with Crippen molar-refractivity contribution in [2.75, 3.05) is 5.73 Å². The summed E-state index contributed by atoms with van der Waals surface area (Å²) in [6.07, 6.45) is 2.91. The Morgan fingerprint density at radius 2 is 1.73 bits per heavy atom. The van der Waals surface area contributed by atoms with Crippen LogP contribution in [0.3, 0.4) is 0 Å². The molecule has 1 aromatic heterocycles. The Bertz CT molecular complexity index is 482. The van der Waals surface area contributed by atoms with E-state index in [1.807, 2.05) is 6.07 Å².